The Hall–Kier alpha value is -5.28. The molecule has 0 atom stereocenters. The molecule has 188 valence electrons. The minimum absolute atomic E-state index is 0.764. The molecule has 1 aliphatic rings. The van der Waals surface area contributed by atoms with Gasteiger partial charge in [-0.3, -0.25) is 0 Å². The molecule has 0 spiro atoms. The molecule has 2 aromatic heterocycles. The Morgan fingerprint density at radius 3 is 2.10 bits per heavy atom. The van der Waals surface area contributed by atoms with Crippen LogP contribution in [-0.4, -0.2) is 16.5 Å². The molecule has 0 aliphatic carbocycles. The van der Waals surface area contributed by atoms with E-state index in [9.17, 15) is 0 Å². The molecule has 40 heavy (non-hydrogen) atoms. The third-order valence-electron chi connectivity index (χ3n) is 7.87. The van der Waals surface area contributed by atoms with Gasteiger partial charge >= 0.3 is 0 Å². The number of hydrogen-bond donors (Lipinski definition) is 1. The molecular weight excluding hydrogens is 486 g/mol. The maximum Gasteiger partial charge on any atom is 0.0716 e. The van der Waals surface area contributed by atoms with Crippen molar-refractivity contribution in [3.8, 4) is 22.4 Å². The Labute approximate surface area is 232 Å². The van der Waals surface area contributed by atoms with E-state index >= 15 is 0 Å². The third-order valence-corrected chi connectivity index (χ3v) is 7.87. The number of rotatable bonds is 3. The number of nitrogens with one attached hydrogen (secondary N) is 1. The molecule has 0 bridgehead atoms. The highest BCUT2D eigenvalue weighted by molar-refractivity contribution is 5.99. The van der Waals surface area contributed by atoms with Gasteiger partial charge < -0.3 is 5.32 Å². The molecule has 0 unspecified atom stereocenters. The Kier molecular flexibility index (Phi) is 5.20. The van der Waals surface area contributed by atoms with E-state index in [2.05, 4.69) is 139 Å². The third kappa shape index (κ3) is 3.91. The Balaban J connectivity index is 1.19. The second-order valence-electron chi connectivity index (χ2n) is 10.3. The molecule has 3 heteroatoms. The molecule has 3 heterocycles. The average Bonchev–Trinajstić information content (AvgIpc) is 3.03. The van der Waals surface area contributed by atoms with E-state index in [0.29, 0.717) is 0 Å². The fraction of sp³-hybridized carbons (Fsp3) is 0.0270. The molecule has 3 nitrogen and oxygen atoms in total. The minimum atomic E-state index is 0.764. The zero-order valence-electron chi connectivity index (χ0n) is 21.8. The van der Waals surface area contributed by atoms with E-state index in [4.69, 9.17) is 9.97 Å². The predicted octanol–water partition coefficient (Wildman–Crippen LogP) is 9.24. The summed E-state index contributed by atoms with van der Waals surface area (Å²) < 4.78 is 0. The Bertz CT molecular complexity index is 2120. The maximum atomic E-state index is 5.11. The molecule has 0 radical (unpaired) electrons. The van der Waals surface area contributed by atoms with E-state index in [-0.39, 0.29) is 0 Å². The summed E-state index contributed by atoms with van der Waals surface area (Å²) in [6.07, 6.45) is 2.24. The van der Waals surface area contributed by atoms with Crippen LogP contribution in [0.1, 0.15) is 11.3 Å². The van der Waals surface area contributed by atoms with Crippen LogP contribution in [0.15, 0.2) is 127 Å². The summed E-state index contributed by atoms with van der Waals surface area (Å²) in [6.45, 7) is 0.764. The van der Waals surface area contributed by atoms with Crippen molar-refractivity contribution in [3.63, 3.8) is 0 Å². The summed E-state index contributed by atoms with van der Waals surface area (Å²) in [5.41, 5.74) is 10.9. The number of nitrogens with zero attached hydrogens (tertiary/aromatic N) is 2. The van der Waals surface area contributed by atoms with Gasteiger partial charge in [0, 0.05) is 28.6 Å². The molecule has 0 saturated heterocycles. The summed E-state index contributed by atoms with van der Waals surface area (Å²) in [5.74, 6) is 0. The van der Waals surface area contributed by atoms with Crippen molar-refractivity contribution in [2.45, 2.75) is 0 Å². The summed E-state index contributed by atoms with van der Waals surface area (Å²) in [4.78, 5) is 10.2. The largest absolute Gasteiger partial charge is 0.380 e. The van der Waals surface area contributed by atoms with Gasteiger partial charge in [0.25, 0.3) is 0 Å². The molecule has 0 amide bonds. The monoisotopic (exact) mass is 511 g/mol. The zero-order chi connectivity index (χ0) is 26.5. The van der Waals surface area contributed by atoms with Gasteiger partial charge in [-0.1, -0.05) is 97.1 Å². The molecule has 0 saturated carbocycles. The first-order valence-corrected chi connectivity index (χ1v) is 13.6. The van der Waals surface area contributed by atoms with E-state index in [0.717, 1.165) is 45.3 Å². The Morgan fingerprint density at radius 1 is 0.525 bits per heavy atom. The van der Waals surface area contributed by atoms with E-state index < -0.39 is 0 Å². The number of fused-ring (bicyclic) bond motifs is 4. The van der Waals surface area contributed by atoms with Gasteiger partial charge in [0.2, 0.25) is 0 Å². The topological polar surface area (TPSA) is 37.8 Å². The summed E-state index contributed by atoms with van der Waals surface area (Å²) in [5, 5.41) is 8.27. The van der Waals surface area contributed by atoms with Gasteiger partial charge in [0.15, 0.2) is 0 Å². The predicted molar refractivity (Wildman–Crippen MR) is 168 cm³/mol. The fourth-order valence-corrected chi connectivity index (χ4v) is 5.76. The summed E-state index contributed by atoms with van der Waals surface area (Å²) >= 11 is 0. The van der Waals surface area contributed by atoms with Crippen LogP contribution in [0, 0.1) is 0 Å². The first-order valence-electron chi connectivity index (χ1n) is 13.6. The van der Waals surface area contributed by atoms with Crippen LogP contribution in [0.25, 0.3) is 66.6 Å². The molecule has 0 fully saturated rings. The molecule has 1 aliphatic heterocycles. The van der Waals surface area contributed by atoms with Gasteiger partial charge in [0.1, 0.15) is 0 Å². The van der Waals surface area contributed by atoms with Gasteiger partial charge in [-0.15, -0.1) is 0 Å². The molecule has 7 aromatic rings. The van der Waals surface area contributed by atoms with Crippen LogP contribution in [0.3, 0.4) is 0 Å². The number of hydrogen-bond acceptors (Lipinski definition) is 3. The van der Waals surface area contributed by atoms with Crippen LogP contribution in [0.4, 0.5) is 5.69 Å². The Morgan fingerprint density at radius 2 is 1.20 bits per heavy atom. The summed E-state index contributed by atoms with van der Waals surface area (Å²) in [6, 6.07) is 45.0. The van der Waals surface area contributed by atoms with Crippen molar-refractivity contribution in [1.29, 1.82) is 0 Å². The highest BCUT2D eigenvalue weighted by Gasteiger charge is 2.13. The summed E-state index contributed by atoms with van der Waals surface area (Å²) in [7, 11) is 0. The average molecular weight is 512 g/mol. The second kappa shape index (κ2) is 9.18. The molecule has 8 rings (SSSR count). The fourth-order valence-electron chi connectivity index (χ4n) is 5.76. The lowest BCUT2D eigenvalue weighted by molar-refractivity contribution is 1.26. The van der Waals surface area contributed by atoms with Gasteiger partial charge in [0.05, 0.1) is 22.4 Å². The van der Waals surface area contributed by atoms with Crippen LogP contribution in [0.2, 0.25) is 0 Å². The van der Waals surface area contributed by atoms with Crippen LogP contribution >= 0.6 is 0 Å². The van der Waals surface area contributed by atoms with Crippen molar-refractivity contribution >= 4 is 49.9 Å². The van der Waals surface area contributed by atoms with Crippen LogP contribution in [-0.2, 0) is 0 Å². The molecule has 1 N–H and O–H groups in total. The standard InChI is InChI=1S/C37H25N3/c1-3-9-31-24(6-1)8-5-10-32(31)27-14-12-25-16-18-34(39-36(25)21-27)29-15-13-26-17-19-35(40-37(26)22-29)30-20-28-7-2-4-11-33(28)38-23-30/h1-22,38H,23H2. The van der Waals surface area contributed by atoms with Gasteiger partial charge in [-0.2, -0.15) is 0 Å². The number of aromatic nitrogens is 2. The normalized spacial score (nSPS) is 12.8. The zero-order valence-corrected chi connectivity index (χ0v) is 21.8. The van der Waals surface area contributed by atoms with Crippen molar-refractivity contribution in [3.05, 3.63) is 139 Å². The SMILES string of the molecule is C1=C(c2ccc3ccc(-c4ccc5ccc(-c6cccc7ccccc67)cc5n4)cc3n2)CNc2ccccc21. The molecule has 5 aromatic carbocycles. The number of anilines is 1. The number of para-hydroxylation sites is 1. The lowest BCUT2D eigenvalue weighted by Gasteiger charge is -2.18. The first-order chi connectivity index (χ1) is 19.8. The minimum Gasteiger partial charge on any atom is -0.380 e. The highest BCUT2D eigenvalue weighted by Crippen LogP contribution is 2.32. The van der Waals surface area contributed by atoms with E-state index in [1.807, 2.05) is 0 Å². The highest BCUT2D eigenvalue weighted by atomic mass is 14.9. The smallest absolute Gasteiger partial charge is 0.0716 e. The van der Waals surface area contributed by atoms with E-state index in [1.54, 1.807) is 0 Å². The van der Waals surface area contributed by atoms with Crippen molar-refractivity contribution in [1.82, 2.24) is 9.97 Å². The first kappa shape index (κ1) is 22.7. The second-order valence-corrected chi connectivity index (χ2v) is 10.3. The quantitative estimate of drug-likeness (QED) is 0.257. The van der Waals surface area contributed by atoms with Crippen molar-refractivity contribution in [2.24, 2.45) is 0 Å². The van der Waals surface area contributed by atoms with Crippen LogP contribution < -0.4 is 5.32 Å². The van der Waals surface area contributed by atoms with E-state index in [1.165, 1.54) is 38.7 Å². The van der Waals surface area contributed by atoms with Gasteiger partial charge in [-0.05, 0) is 69.4 Å². The lowest BCUT2D eigenvalue weighted by atomic mass is 9.97. The maximum absolute atomic E-state index is 5.11. The number of benzene rings is 5. The van der Waals surface area contributed by atoms with Crippen molar-refractivity contribution in [2.75, 3.05) is 11.9 Å². The number of pyridine rings is 2. The molecular formula is C37H25N3. The van der Waals surface area contributed by atoms with Crippen LogP contribution in [0.5, 0.6) is 0 Å². The van der Waals surface area contributed by atoms with Crippen molar-refractivity contribution < 1.29 is 0 Å². The lowest BCUT2D eigenvalue weighted by Crippen LogP contribution is -2.10. The van der Waals surface area contributed by atoms with Gasteiger partial charge in [-0.25, -0.2) is 9.97 Å².